The molecule has 20 heavy (non-hydrogen) atoms. The molecule has 3 rings (SSSR count). The molecule has 1 saturated carbocycles. The fourth-order valence-corrected chi connectivity index (χ4v) is 3.23. The Hall–Kier alpha value is -1.24. The highest BCUT2D eigenvalue weighted by Gasteiger charge is 2.33. The summed E-state index contributed by atoms with van der Waals surface area (Å²) in [7, 11) is 1.80. The number of piperazine rings is 1. The third-order valence-electron chi connectivity index (χ3n) is 4.26. The zero-order valence-electron chi connectivity index (χ0n) is 12.0. The fraction of sp³-hybridized carbons (Fsp3) is 0.714. The summed E-state index contributed by atoms with van der Waals surface area (Å²) in [5.41, 5.74) is 3.26. The van der Waals surface area contributed by atoms with Crippen molar-refractivity contribution in [3.63, 3.8) is 0 Å². The molecule has 0 amide bonds. The molecule has 1 atom stereocenters. The van der Waals surface area contributed by atoms with Crippen LogP contribution in [0.15, 0.2) is 18.5 Å². The summed E-state index contributed by atoms with van der Waals surface area (Å²) in [6.07, 6.45) is 9.00. The van der Waals surface area contributed by atoms with E-state index in [1.54, 1.807) is 19.5 Å². The molecule has 1 aliphatic heterocycles. The van der Waals surface area contributed by atoms with Gasteiger partial charge in [0.2, 0.25) is 5.95 Å². The number of nitrogens with one attached hydrogen (secondary N) is 1. The Morgan fingerprint density at radius 1 is 1.20 bits per heavy atom. The van der Waals surface area contributed by atoms with Gasteiger partial charge in [-0.1, -0.05) is 12.8 Å². The number of ether oxygens (including phenoxy) is 1. The molecule has 1 unspecified atom stereocenters. The van der Waals surface area contributed by atoms with Crippen LogP contribution in [0.4, 0.5) is 5.95 Å². The molecular weight excluding hydrogens is 254 g/mol. The summed E-state index contributed by atoms with van der Waals surface area (Å²) in [6.45, 7) is 2.84. The molecule has 0 bridgehead atoms. The van der Waals surface area contributed by atoms with Crippen molar-refractivity contribution in [2.24, 2.45) is 0 Å². The molecule has 0 spiro atoms. The zero-order chi connectivity index (χ0) is 13.8. The number of hydrogen-bond donors (Lipinski definition) is 1. The SMILES string of the molecule is COC1CN(Nc2ncccn2)CCN1C1CCCC1. The van der Waals surface area contributed by atoms with Gasteiger partial charge in [-0.25, -0.2) is 15.0 Å². The van der Waals surface area contributed by atoms with Gasteiger partial charge in [0, 0.05) is 38.6 Å². The number of nitrogens with zero attached hydrogens (tertiary/aromatic N) is 4. The lowest BCUT2D eigenvalue weighted by Crippen LogP contribution is -2.58. The van der Waals surface area contributed by atoms with Crippen LogP contribution in [0.1, 0.15) is 25.7 Å². The number of rotatable bonds is 4. The predicted octanol–water partition coefficient (Wildman–Crippen LogP) is 1.34. The highest BCUT2D eigenvalue weighted by molar-refractivity contribution is 5.20. The van der Waals surface area contributed by atoms with Crippen LogP contribution in [0.2, 0.25) is 0 Å². The second-order valence-electron chi connectivity index (χ2n) is 5.50. The van der Waals surface area contributed by atoms with Crippen LogP contribution in [0.25, 0.3) is 0 Å². The molecule has 6 nitrogen and oxygen atoms in total. The summed E-state index contributed by atoms with van der Waals surface area (Å²) in [5, 5.41) is 2.15. The van der Waals surface area contributed by atoms with E-state index in [1.807, 2.05) is 6.07 Å². The van der Waals surface area contributed by atoms with Crippen molar-refractivity contribution in [1.29, 1.82) is 0 Å². The molecule has 1 saturated heterocycles. The number of hydrogen-bond acceptors (Lipinski definition) is 6. The Labute approximate surface area is 120 Å². The van der Waals surface area contributed by atoms with Crippen molar-refractivity contribution in [2.45, 2.75) is 38.0 Å². The molecule has 1 N–H and O–H groups in total. The van der Waals surface area contributed by atoms with E-state index in [0.29, 0.717) is 12.0 Å². The summed E-state index contributed by atoms with van der Waals surface area (Å²) in [4.78, 5) is 10.9. The lowest BCUT2D eigenvalue weighted by molar-refractivity contribution is -0.0944. The first-order chi connectivity index (χ1) is 9.86. The highest BCUT2D eigenvalue weighted by Crippen LogP contribution is 2.27. The van der Waals surface area contributed by atoms with Crippen LogP contribution in [-0.4, -0.2) is 58.9 Å². The average Bonchev–Trinajstić information content (AvgIpc) is 3.02. The normalized spacial score (nSPS) is 25.9. The topological polar surface area (TPSA) is 53.5 Å². The Bertz CT molecular complexity index is 409. The monoisotopic (exact) mass is 277 g/mol. The highest BCUT2D eigenvalue weighted by atomic mass is 16.5. The Morgan fingerprint density at radius 2 is 1.95 bits per heavy atom. The average molecular weight is 277 g/mol. The number of aromatic nitrogens is 2. The molecule has 1 aromatic rings. The number of anilines is 1. The minimum absolute atomic E-state index is 0.156. The van der Waals surface area contributed by atoms with E-state index in [2.05, 4.69) is 25.3 Å². The number of hydrazine groups is 1. The van der Waals surface area contributed by atoms with E-state index in [1.165, 1.54) is 25.7 Å². The maximum atomic E-state index is 5.69. The molecule has 110 valence electrons. The van der Waals surface area contributed by atoms with Gasteiger partial charge in [-0.2, -0.15) is 0 Å². The van der Waals surface area contributed by atoms with Crippen LogP contribution in [-0.2, 0) is 4.74 Å². The van der Waals surface area contributed by atoms with Gasteiger partial charge in [0.1, 0.15) is 6.23 Å². The molecule has 2 aliphatic rings. The molecule has 0 radical (unpaired) electrons. The molecule has 2 heterocycles. The van der Waals surface area contributed by atoms with Crippen molar-refractivity contribution >= 4 is 5.95 Å². The van der Waals surface area contributed by atoms with Crippen LogP contribution in [0, 0.1) is 0 Å². The van der Waals surface area contributed by atoms with Gasteiger partial charge in [0.25, 0.3) is 0 Å². The Kier molecular flexibility index (Phi) is 4.44. The van der Waals surface area contributed by atoms with Gasteiger partial charge < -0.3 is 4.74 Å². The number of methoxy groups -OCH3 is 1. The third-order valence-corrected chi connectivity index (χ3v) is 4.26. The minimum Gasteiger partial charge on any atom is -0.365 e. The first-order valence-electron chi connectivity index (χ1n) is 7.44. The third kappa shape index (κ3) is 3.08. The van der Waals surface area contributed by atoms with Gasteiger partial charge in [-0.3, -0.25) is 10.3 Å². The molecule has 1 aromatic heterocycles. The first-order valence-corrected chi connectivity index (χ1v) is 7.44. The van der Waals surface area contributed by atoms with E-state index in [9.17, 15) is 0 Å². The summed E-state index contributed by atoms with van der Waals surface area (Å²) in [6, 6.07) is 2.52. The predicted molar refractivity (Wildman–Crippen MR) is 77.0 cm³/mol. The Balaban J connectivity index is 1.58. The minimum atomic E-state index is 0.156. The molecule has 6 heteroatoms. The van der Waals surface area contributed by atoms with E-state index >= 15 is 0 Å². The van der Waals surface area contributed by atoms with Crippen molar-refractivity contribution in [2.75, 3.05) is 32.2 Å². The lowest BCUT2D eigenvalue weighted by Gasteiger charge is -2.43. The van der Waals surface area contributed by atoms with E-state index in [0.717, 1.165) is 19.6 Å². The van der Waals surface area contributed by atoms with E-state index in [-0.39, 0.29) is 6.23 Å². The second kappa shape index (κ2) is 6.47. The smallest absolute Gasteiger partial charge is 0.237 e. The largest absolute Gasteiger partial charge is 0.365 e. The van der Waals surface area contributed by atoms with Crippen LogP contribution in [0.3, 0.4) is 0 Å². The van der Waals surface area contributed by atoms with Crippen molar-refractivity contribution in [3.8, 4) is 0 Å². The molecule has 0 aromatic carbocycles. The quantitative estimate of drug-likeness (QED) is 0.896. The van der Waals surface area contributed by atoms with Crippen LogP contribution < -0.4 is 5.43 Å². The molecule has 2 fully saturated rings. The van der Waals surface area contributed by atoms with Gasteiger partial charge in [0.15, 0.2) is 0 Å². The van der Waals surface area contributed by atoms with Crippen molar-refractivity contribution in [1.82, 2.24) is 19.9 Å². The first kappa shape index (κ1) is 13.7. The van der Waals surface area contributed by atoms with Gasteiger partial charge in [0.05, 0.1) is 6.54 Å². The van der Waals surface area contributed by atoms with E-state index in [4.69, 9.17) is 4.74 Å². The lowest BCUT2D eigenvalue weighted by atomic mass is 10.1. The zero-order valence-corrected chi connectivity index (χ0v) is 12.0. The molecule has 1 aliphatic carbocycles. The maximum Gasteiger partial charge on any atom is 0.237 e. The standard InChI is InChI=1S/C14H23N5O/c1-20-13-11-18(17-14-15-7-4-8-16-14)9-10-19(13)12-5-2-3-6-12/h4,7-8,12-13H,2-3,5-6,9-11H2,1H3,(H,15,16,17). The maximum absolute atomic E-state index is 5.69. The summed E-state index contributed by atoms with van der Waals surface area (Å²) >= 11 is 0. The van der Waals surface area contributed by atoms with Gasteiger partial charge >= 0.3 is 0 Å². The summed E-state index contributed by atoms with van der Waals surface area (Å²) in [5.74, 6) is 0.650. The fourth-order valence-electron chi connectivity index (χ4n) is 3.23. The van der Waals surface area contributed by atoms with Crippen LogP contribution in [0.5, 0.6) is 0 Å². The van der Waals surface area contributed by atoms with Crippen molar-refractivity contribution in [3.05, 3.63) is 18.5 Å². The van der Waals surface area contributed by atoms with E-state index < -0.39 is 0 Å². The Morgan fingerprint density at radius 3 is 2.65 bits per heavy atom. The summed E-state index contributed by atoms with van der Waals surface area (Å²) < 4.78 is 5.69. The van der Waals surface area contributed by atoms with Crippen LogP contribution >= 0.6 is 0 Å². The second-order valence-corrected chi connectivity index (χ2v) is 5.50. The van der Waals surface area contributed by atoms with Crippen molar-refractivity contribution < 1.29 is 4.74 Å². The van der Waals surface area contributed by atoms with Gasteiger partial charge in [-0.15, -0.1) is 0 Å². The molecular formula is C14H23N5O. The van der Waals surface area contributed by atoms with Gasteiger partial charge in [-0.05, 0) is 18.9 Å².